The van der Waals surface area contributed by atoms with Crippen LogP contribution in [0.2, 0.25) is 0 Å². The first kappa shape index (κ1) is 58.4. The van der Waals surface area contributed by atoms with E-state index in [0.29, 0.717) is 19.3 Å². The summed E-state index contributed by atoms with van der Waals surface area (Å²) in [5.41, 5.74) is 0. The molecule has 0 bridgehead atoms. The minimum atomic E-state index is -5.05. The number of unbranched alkanes of at least 4 members (excludes halogenated alkanes) is 32. The van der Waals surface area contributed by atoms with E-state index in [9.17, 15) is 44.9 Å². The fraction of sp³-hybridized carbons (Fsp3) is 0.979. The lowest BCUT2D eigenvalue weighted by molar-refractivity contribution is -0.220. The molecule has 1 saturated carbocycles. The Bertz CT molecular complexity index is 1040. The summed E-state index contributed by atoms with van der Waals surface area (Å²) in [6.07, 6.45) is 29.9. The standard InChI is InChI=1S/C48H96NO11P/c1-3-5-7-9-11-13-15-17-18-19-20-21-22-23-24-26-28-30-32-34-36-38-42(51)49-40(41(50)37-35-33-31-29-27-25-16-14-12-10-8-6-4-2)39-59-61(57,58)60-48-46(55)44(53)43(52)45(54)47(48)56/h40-41,43-48,50,52-56H,3-39H2,1-2H3,(H,49,51)(H,57,58). The zero-order valence-electron chi connectivity index (χ0n) is 39.0. The molecule has 8 N–H and O–H groups in total. The molecule has 1 amide bonds. The average Bonchev–Trinajstić information content (AvgIpc) is 3.24. The predicted molar refractivity (Wildman–Crippen MR) is 246 cm³/mol. The van der Waals surface area contributed by atoms with Crippen LogP contribution in [0.1, 0.15) is 245 Å². The summed E-state index contributed by atoms with van der Waals surface area (Å²) < 4.78 is 23.0. The van der Waals surface area contributed by atoms with Crippen LogP contribution >= 0.6 is 7.82 Å². The zero-order valence-corrected chi connectivity index (χ0v) is 39.9. The summed E-state index contributed by atoms with van der Waals surface area (Å²) >= 11 is 0. The fourth-order valence-corrected chi connectivity index (χ4v) is 9.46. The lowest BCUT2D eigenvalue weighted by Gasteiger charge is -2.41. The summed E-state index contributed by atoms with van der Waals surface area (Å²) in [6, 6.07) is -1.02. The zero-order chi connectivity index (χ0) is 45.0. The van der Waals surface area contributed by atoms with Gasteiger partial charge in [0.2, 0.25) is 5.91 Å². The Balaban J connectivity index is 2.37. The molecule has 364 valence electrons. The maximum absolute atomic E-state index is 13.0. The molecule has 0 aromatic heterocycles. The summed E-state index contributed by atoms with van der Waals surface area (Å²) in [5, 5.41) is 64.2. The molecule has 0 aromatic rings. The third-order valence-corrected chi connectivity index (χ3v) is 13.7. The molecule has 0 spiro atoms. The number of phosphoric ester groups is 1. The Morgan fingerprint density at radius 1 is 0.492 bits per heavy atom. The molecular formula is C48H96NO11P. The highest BCUT2D eigenvalue weighted by atomic mass is 31.2. The summed E-state index contributed by atoms with van der Waals surface area (Å²) in [4.78, 5) is 23.5. The second-order valence-electron chi connectivity index (χ2n) is 18.4. The van der Waals surface area contributed by atoms with Crippen molar-refractivity contribution >= 4 is 13.7 Å². The molecule has 7 unspecified atom stereocenters. The van der Waals surface area contributed by atoms with Crippen LogP contribution in [0.25, 0.3) is 0 Å². The molecule has 7 atom stereocenters. The number of nitrogens with one attached hydrogen (secondary N) is 1. The van der Waals surface area contributed by atoms with E-state index < -0.39 is 63.2 Å². The number of aliphatic hydroxyl groups is 6. The van der Waals surface area contributed by atoms with E-state index in [1.165, 1.54) is 167 Å². The van der Waals surface area contributed by atoms with Gasteiger partial charge in [0.1, 0.15) is 36.6 Å². The van der Waals surface area contributed by atoms with Crippen LogP contribution in [0.4, 0.5) is 0 Å². The Hall–Kier alpha value is -0.660. The van der Waals surface area contributed by atoms with E-state index in [2.05, 4.69) is 19.2 Å². The Morgan fingerprint density at radius 3 is 1.13 bits per heavy atom. The van der Waals surface area contributed by atoms with Crippen molar-refractivity contribution in [1.82, 2.24) is 5.32 Å². The smallest absolute Gasteiger partial charge is 0.391 e. The minimum Gasteiger partial charge on any atom is -0.391 e. The van der Waals surface area contributed by atoms with Gasteiger partial charge in [-0.25, -0.2) is 4.57 Å². The number of aliphatic hydroxyl groups excluding tert-OH is 6. The molecule has 0 heterocycles. The lowest BCUT2D eigenvalue weighted by Crippen LogP contribution is -2.64. The third kappa shape index (κ3) is 30.2. The molecule has 12 nitrogen and oxygen atoms in total. The second kappa shape index (κ2) is 38.6. The number of rotatable bonds is 43. The van der Waals surface area contributed by atoms with Gasteiger partial charge in [0.05, 0.1) is 18.8 Å². The van der Waals surface area contributed by atoms with Crippen molar-refractivity contribution in [3.8, 4) is 0 Å². The minimum absolute atomic E-state index is 0.243. The average molecular weight is 894 g/mol. The van der Waals surface area contributed by atoms with Crippen LogP contribution in [0, 0.1) is 0 Å². The fourth-order valence-electron chi connectivity index (χ4n) is 8.50. The first-order chi connectivity index (χ1) is 29.4. The van der Waals surface area contributed by atoms with E-state index in [0.717, 1.165) is 38.5 Å². The second-order valence-corrected chi connectivity index (χ2v) is 19.8. The largest absolute Gasteiger partial charge is 0.472 e. The van der Waals surface area contributed by atoms with E-state index in [1.54, 1.807) is 0 Å². The topological polar surface area (TPSA) is 206 Å². The van der Waals surface area contributed by atoms with Crippen molar-refractivity contribution in [3.05, 3.63) is 0 Å². The monoisotopic (exact) mass is 894 g/mol. The van der Waals surface area contributed by atoms with Crippen molar-refractivity contribution < 1.29 is 53.9 Å². The number of carbonyl (C=O) groups excluding carboxylic acids is 1. The normalized spacial score (nSPS) is 22.6. The maximum atomic E-state index is 13.0. The molecular weight excluding hydrogens is 797 g/mol. The molecule has 0 aromatic carbocycles. The molecule has 61 heavy (non-hydrogen) atoms. The molecule has 1 rings (SSSR count). The van der Waals surface area contributed by atoms with Crippen molar-refractivity contribution in [2.45, 2.75) is 294 Å². The van der Waals surface area contributed by atoms with E-state index in [-0.39, 0.29) is 12.3 Å². The number of hydrogen-bond donors (Lipinski definition) is 8. The van der Waals surface area contributed by atoms with Gasteiger partial charge in [-0.15, -0.1) is 0 Å². The number of amides is 1. The summed E-state index contributed by atoms with van der Waals surface area (Å²) in [7, 11) is -5.05. The molecule has 0 radical (unpaired) electrons. The SMILES string of the molecule is CCCCCCCCCCCCCCCCCCCCCCCC(=O)NC(COP(=O)(O)OC1C(O)C(O)C(O)C(O)C1O)C(O)CCCCCCCCCCCCCCC. The third-order valence-electron chi connectivity index (χ3n) is 12.7. The molecule has 0 aliphatic heterocycles. The molecule has 13 heteroatoms. The lowest BCUT2D eigenvalue weighted by atomic mass is 9.85. The number of hydrogen-bond acceptors (Lipinski definition) is 10. The van der Waals surface area contributed by atoms with Gasteiger partial charge in [-0.05, 0) is 12.8 Å². The van der Waals surface area contributed by atoms with Gasteiger partial charge < -0.3 is 40.8 Å². The molecule has 1 aliphatic rings. The van der Waals surface area contributed by atoms with Crippen LogP contribution in [0.15, 0.2) is 0 Å². The molecule has 1 fully saturated rings. The van der Waals surface area contributed by atoms with Crippen molar-refractivity contribution in [2.75, 3.05) is 6.61 Å². The van der Waals surface area contributed by atoms with Gasteiger partial charge in [0.15, 0.2) is 0 Å². The van der Waals surface area contributed by atoms with E-state index >= 15 is 0 Å². The van der Waals surface area contributed by atoms with Gasteiger partial charge in [-0.3, -0.25) is 13.8 Å². The van der Waals surface area contributed by atoms with Crippen molar-refractivity contribution in [3.63, 3.8) is 0 Å². The molecule has 1 aliphatic carbocycles. The van der Waals surface area contributed by atoms with Crippen LogP contribution in [0.5, 0.6) is 0 Å². The van der Waals surface area contributed by atoms with Crippen LogP contribution < -0.4 is 5.32 Å². The highest BCUT2D eigenvalue weighted by Gasteiger charge is 2.51. The van der Waals surface area contributed by atoms with E-state index in [1.807, 2.05) is 0 Å². The first-order valence-corrected chi connectivity index (χ1v) is 27.0. The van der Waals surface area contributed by atoms with Crippen LogP contribution in [-0.4, -0.2) is 96.8 Å². The van der Waals surface area contributed by atoms with Gasteiger partial charge in [-0.1, -0.05) is 226 Å². The van der Waals surface area contributed by atoms with Crippen LogP contribution in [-0.2, 0) is 18.4 Å². The Labute approximate surface area is 372 Å². The van der Waals surface area contributed by atoms with Crippen LogP contribution in [0.3, 0.4) is 0 Å². The van der Waals surface area contributed by atoms with Gasteiger partial charge in [-0.2, -0.15) is 0 Å². The Kier molecular flexibility index (Phi) is 36.9. The van der Waals surface area contributed by atoms with Gasteiger partial charge >= 0.3 is 7.82 Å². The summed E-state index contributed by atoms with van der Waals surface area (Å²) in [6.45, 7) is 3.91. The highest BCUT2D eigenvalue weighted by molar-refractivity contribution is 7.47. The first-order valence-electron chi connectivity index (χ1n) is 25.5. The van der Waals surface area contributed by atoms with Crippen molar-refractivity contribution in [2.24, 2.45) is 0 Å². The molecule has 0 saturated heterocycles. The van der Waals surface area contributed by atoms with Gasteiger partial charge in [0.25, 0.3) is 0 Å². The number of carbonyl (C=O) groups is 1. The Morgan fingerprint density at radius 2 is 0.787 bits per heavy atom. The maximum Gasteiger partial charge on any atom is 0.472 e. The number of phosphoric acid groups is 1. The van der Waals surface area contributed by atoms with Gasteiger partial charge in [0, 0.05) is 6.42 Å². The predicted octanol–water partition coefficient (Wildman–Crippen LogP) is 10.2. The van der Waals surface area contributed by atoms with Crippen molar-refractivity contribution in [1.29, 1.82) is 0 Å². The quantitative estimate of drug-likeness (QED) is 0.0214. The summed E-state index contributed by atoms with van der Waals surface area (Å²) in [5.74, 6) is -0.303. The van der Waals surface area contributed by atoms with E-state index in [4.69, 9.17) is 9.05 Å². The highest BCUT2D eigenvalue weighted by Crippen LogP contribution is 2.47.